The van der Waals surface area contributed by atoms with E-state index in [0.29, 0.717) is 41.2 Å². The first kappa shape index (κ1) is 23.4. The Morgan fingerprint density at radius 2 is 1.93 bits per heavy atom. The number of carbonyl (C=O) groups excluding carboxylic acids is 1. The Labute approximate surface area is 185 Å². The summed E-state index contributed by atoms with van der Waals surface area (Å²) in [5.41, 5.74) is 0.460. The highest BCUT2D eigenvalue weighted by atomic mass is 127. The number of benzene rings is 1. The summed E-state index contributed by atoms with van der Waals surface area (Å²) in [5, 5.41) is 13.9. The molecule has 8 nitrogen and oxygen atoms in total. The van der Waals surface area contributed by atoms with Crippen molar-refractivity contribution in [3.05, 3.63) is 46.0 Å². The van der Waals surface area contributed by atoms with Gasteiger partial charge in [-0.2, -0.15) is 5.10 Å². The summed E-state index contributed by atoms with van der Waals surface area (Å²) < 4.78 is 1.67. The lowest BCUT2D eigenvalue weighted by Gasteiger charge is -2.12. The Bertz CT molecular complexity index is 782. The molecule has 0 radical (unpaired) electrons. The van der Waals surface area contributed by atoms with Crippen LogP contribution >= 0.6 is 47.2 Å². The van der Waals surface area contributed by atoms with E-state index in [0.717, 1.165) is 12.4 Å². The van der Waals surface area contributed by atoms with Crippen LogP contribution in [0.2, 0.25) is 10.0 Å². The maximum absolute atomic E-state index is 12.1. The fourth-order valence-electron chi connectivity index (χ4n) is 2.05. The number of hydrogen-bond acceptors (Lipinski definition) is 4. The molecule has 1 heterocycles. The van der Waals surface area contributed by atoms with Gasteiger partial charge in [0.2, 0.25) is 0 Å². The molecule has 0 saturated heterocycles. The van der Waals surface area contributed by atoms with E-state index in [1.807, 2.05) is 14.0 Å². The molecule has 0 unspecified atom stereocenters. The Morgan fingerprint density at radius 1 is 1.19 bits per heavy atom. The highest BCUT2D eigenvalue weighted by molar-refractivity contribution is 14.0. The molecule has 11 heteroatoms. The molecule has 3 N–H and O–H groups in total. The number of nitrogens with zero attached hydrogens (tertiary/aromatic N) is 4. The van der Waals surface area contributed by atoms with Crippen molar-refractivity contribution in [2.45, 2.75) is 13.5 Å². The molecule has 148 valence electrons. The van der Waals surface area contributed by atoms with Crippen molar-refractivity contribution in [2.24, 2.45) is 12.0 Å². The first-order chi connectivity index (χ1) is 12.5. The van der Waals surface area contributed by atoms with E-state index < -0.39 is 0 Å². The first-order valence-electron chi connectivity index (χ1n) is 8.09. The highest BCUT2D eigenvalue weighted by Gasteiger charge is 2.07. The molecule has 0 saturated carbocycles. The number of guanidine groups is 1. The van der Waals surface area contributed by atoms with E-state index >= 15 is 0 Å². The minimum Gasteiger partial charge on any atom is -0.357 e. The molecule has 2 rings (SSSR count). The maximum Gasteiger partial charge on any atom is 0.251 e. The van der Waals surface area contributed by atoms with Gasteiger partial charge in [-0.05, 0) is 25.1 Å². The van der Waals surface area contributed by atoms with Gasteiger partial charge in [-0.1, -0.05) is 23.2 Å². The van der Waals surface area contributed by atoms with Crippen LogP contribution in [0.15, 0.2) is 29.5 Å². The predicted octanol–water partition coefficient (Wildman–Crippen LogP) is 2.23. The van der Waals surface area contributed by atoms with Crippen molar-refractivity contribution in [1.29, 1.82) is 0 Å². The molecule has 1 amide bonds. The predicted molar refractivity (Wildman–Crippen MR) is 118 cm³/mol. The van der Waals surface area contributed by atoms with Gasteiger partial charge in [0.25, 0.3) is 5.91 Å². The number of rotatable bonds is 7. The highest BCUT2D eigenvalue weighted by Crippen LogP contribution is 2.22. The first-order valence-corrected chi connectivity index (χ1v) is 8.85. The van der Waals surface area contributed by atoms with Crippen molar-refractivity contribution < 1.29 is 4.79 Å². The largest absolute Gasteiger partial charge is 0.357 e. The van der Waals surface area contributed by atoms with Crippen LogP contribution in [0.5, 0.6) is 0 Å². The Kier molecular flexibility index (Phi) is 10.4. The summed E-state index contributed by atoms with van der Waals surface area (Å²) >= 11 is 11.8. The molecule has 0 atom stereocenters. The zero-order valence-electron chi connectivity index (χ0n) is 15.0. The van der Waals surface area contributed by atoms with E-state index in [9.17, 15) is 4.79 Å². The number of aliphatic imine (C=N–C) groups is 1. The lowest BCUT2D eigenvalue weighted by atomic mass is 10.2. The van der Waals surface area contributed by atoms with E-state index in [1.54, 1.807) is 22.9 Å². The minimum absolute atomic E-state index is 0. The zero-order chi connectivity index (χ0) is 18.9. The smallest absolute Gasteiger partial charge is 0.251 e. The molecule has 0 spiro atoms. The second-order valence-corrected chi connectivity index (χ2v) is 6.12. The molecule has 2 aromatic rings. The minimum atomic E-state index is -0.216. The van der Waals surface area contributed by atoms with E-state index in [2.05, 4.69) is 31.0 Å². The number of carbonyl (C=O) groups is 1. The van der Waals surface area contributed by atoms with Crippen LogP contribution in [0.3, 0.4) is 0 Å². The van der Waals surface area contributed by atoms with Gasteiger partial charge in [0.15, 0.2) is 5.96 Å². The van der Waals surface area contributed by atoms with Crippen LogP contribution in [-0.4, -0.2) is 46.3 Å². The topological polar surface area (TPSA) is 96.2 Å². The molecule has 0 bridgehead atoms. The van der Waals surface area contributed by atoms with Crippen LogP contribution < -0.4 is 16.0 Å². The zero-order valence-corrected chi connectivity index (χ0v) is 18.8. The average Bonchev–Trinajstić information content (AvgIpc) is 3.03. The molecular formula is C16H22Cl2IN7O. The van der Waals surface area contributed by atoms with Gasteiger partial charge >= 0.3 is 0 Å². The number of amides is 1. The molecule has 0 aliphatic carbocycles. The fourth-order valence-corrected chi connectivity index (χ4v) is 2.35. The summed E-state index contributed by atoms with van der Waals surface area (Å²) in [5.74, 6) is 1.18. The van der Waals surface area contributed by atoms with E-state index in [1.165, 1.54) is 6.33 Å². The van der Waals surface area contributed by atoms with E-state index in [-0.39, 0.29) is 29.9 Å². The lowest BCUT2D eigenvalue weighted by Crippen LogP contribution is -2.41. The van der Waals surface area contributed by atoms with Crippen molar-refractivity contribution >= 4 is 59.0 Å². The Morgan fingerprint density at radius 3 is 2.56 bits per heavy atom. The second kappa shape index (κ2) is 12.0. The van der Waals surface area contributed by atoms with Crippen molar-refractivity contribution in [3.63, 3.8) is 0 Å². The third-order valence-corrected chi connectivity index (χ3v) is 4.15. The van der Waals surface area contributed by atoms with Crippen molar-refractivity contribution in [1.82, 2.24) is 30.7 Å². The Balaban J connectivity index is 0.00000364. The molecule has 0 aliphatic heterocycles. The van der Waals surface area contributed by atoms with Gasteiger partial charge in [0, 0.05) is 32.2 Å². The molecule has 1 aromatic heterocycles. The number of aromatic nitrogens is 3. The van der Waals surface area contributed by atoms with Crippen LogP contribution in [-0.2, 0) is 13.6 Å². The van der Waals surface area contributed by atoms with Gasteiger partial charge < -0.3 is 16.0 Å². The normalized spacial score (nSPS) is 10.9. The second-order valence-electron chi connectivity index (χ2n) is 5.31. The number of aryl methyl sites for hydroxylation is 1. The summed E-state index contributed by atoms with van der Waals surface area (Å²) in [4.78, 5) is 20.7. The lowest BCUT2D eigenvalue weighted by molar-refractivity contribution is 0.0954. The van der Waals surface area contributed by atoms with Crippen molar-refractivity contribution in [3.8, 4) is 0 Å². The molecular weight excluding hydrogens is 504 g/mol. The molecule has 27 heavy (non-hydrogen) atoms. The molecule has 1 aromatic carbocycles. The maximum atomic E-state index is 12.1. The van der Waals surface area contributed by atoms with Gasteiger partial charge in [-0.25, -0.2) is 9.98 Å². The summed E-state index contributed by atoms with van der Waals surface area (Å²) in [6.45, 7) is 4.04. The summed E-state index contributed by atoms with van der Waals surface area (Å²) in [6.07, 6.45) is 1.49. The van der Waals surface area contributed by atoms with E-state index in [4.69, 9.17) is 23.2 Å². The standard InChI is InChI=1S/C16H21Cl2N7O.HI/c1-3-19-16(22-9-14-23-10-24-25(14)2)21-7-6-20-15(26)11-4-5-12(17)13(18)8-11;/h4-5,8,10H,3,6-7,9H2,1-2H3,(H,20,26)(H2,19,21,22);1H. The van der Waals surface area contributed by atoms with Gasteiger partial charge in [-0.3, -0.25) is 9.48 Å². The van der Waals surface area contributed by atoms with Gasteiger partial charge in [-0.15, -0.1) is 24.0 Å². The number of hydrogen-bond donors (Lipinski definition) is 3. The van der Waals surface area contributed by atoms with Gasteiger partial charge in [0.05, 0.1) is 10.0 Å². The third-order valence-electron chi connectivity index (χ3n) is 3.41. The summed E-state index contributed by atoms with van der Waals surface area (Å²) in [6, 6.07) is 4.77. The van der Waals surface area contributed by atoms with Gasteiger partial charge in [0.1, 0.15) is 18.7 Å². The number of nitrogens with one attached hydrogen (secondary N) is 3. The molecule has 0 fully saturated rings. The van der Waals surface area contributed by atoms with Crippen LogP contribution in [0.4, 0.5) is 0 Å². The summed E-state index contributed by atoms with van der Waals surface area (Å²) in [7, 11) is 1.82. The van der Waals surface area contributed by atoms with Crippen LogP contribution in [0.1, 0.15) is 23.1 Å². The average molecular weight is 526 g/mol. The quantitative estimate of drug-likeness (QED) is 0.223. The Hall–Kier alpha value is -1.59. The van der Waals surface area contributed by atoms with Crippen LogP contribution in [0.25, 0.3) is 0 Å². The van der Waals surface area contributed by atoms with Crippen molar-refractivity contribution in [2.75, 3.05) is 19.6 Å². The SMILES string of the molecule is CCNC(=NCc1ncnn1C)NCCNC(=O)c1ccc(Cl)c(Cl)c1.I. The molecule has 0 aliphatic rings. The fraction of sp³-hybridized carbons (Fsp3) is 0.375. The third kappa shape index (κ3) is 7.51. The monoisotopic (exact) mass is 525 g/mol. The number of halogens is 3. The van der Waals surface area contributed by atoms with Crippen LogP contribution in [0, 0.1) is 0 Å².